The molecule has 2 aliphatic rings. The molecule has 0 saturated carbocycles. The van der Waals surface area contributed by atoms with Crippen molar-refractivity contribution >= 4 is 45.1 Å². The largest absolute Gasteiger partial charge is 0.341 e. The molecular weight excluding hydrogens is 424 g/mol. The van der Waals surface area contributed by atoms with E-state index in [1.165, 1.54) is 30.1 Å². The summed E-state index contributed by atoms with van der Waals surface area (Å²) >= 11 is 1.17. The van der Waals surface area contributed by atoms with Crippen LogP contribution < -0.4 is 10.0 Å². The Kier molecular flexibility index (Phi) is 5.96. The van der Waals surface area contributed by atoms with Gasteiger partial charge in [-0.25, -0.2) is 13.4 Å². The van der Waals surface area contributed by atoms with Crippen LogP contribution in [0.5, 0.6) is 0 Å². The molecule has 158 valence electrons. The van der Waals surface area contributed by atoms with E-state index in [9.17, 15) is 18.0 Å². The number of thioether (sulfide) groups is 1. The average molecular weight is 447 g/mol. The molecule has 3 heterocycles. The lowest BCUT2D eigenvalue weighted by Crippen LogP contribution is -2.45. The summed E-state index contributed by atoms with van der Waals surface area (Å²) in [6.07, 6.45) is 5.58. The van der Waals surface area contributed by atoms with Gasteiger partial charge in [-0.05, 0) is 43.2 Å². The number of hydrogen-bond donors (Lipinski definition) is 2. The molecule has 2 N–H and O–H groups in total. The van der Waals surface area contributed by atoms with Crippen LogP contribution in [-0.2, 0) is 19.6 Å². The lowest BCUT2D eigenvalue weighted by Gasteiger charge is -2.28. The van der Waals surface area contributed by atoms with Crippen molar-refractivity contribution in [3.63, 3.8) is 0 Å². The van der Waals surface area contributed by atoms with Crippen molar-refractivity contribution in [3.05, 3.63) is 42.6 Å². The smallest absolute Gasteiger partial charge is 0.263 e. The molecule has 1 saturated heterocycles. The van der Waals surface area contributed by atoms with E-state index in [1.54, 1.807) is 29.2 Å². The van der Waals surface area contributed by atoms with Gasteiger partial charge in [0.1, 0.15) is 5.82 Å². The molecule has 1 fully saturated rings. The molecule has 0 radical (unpaired) electrons. The van der Waals surface area contributed by atoms with Crippen LogP contribution in [0.15, 0.2) is 52.4 Å². The number of fused-ring (bicyclic) bond motifs is 1. The molecule has 2 aliphatic heterocycles. The maximum absolute atomic E-state index is 12.9. The van der Waals surface area contributed by atoms with Gasteiger partial charge < -0.3 is 10.2 Å². The first-order chi connectivity index (χ1) is 14.4. The van der Waals surface area contributed by atoms with Crippen LogP contribution in [0.2, 0.25) is 0 Å². The van der Waals surface area contributed by atoms with Crippen LogP contribution in [0, 0.1) is 0 Å². The zero-order valence-corrected chi connectivity index (χ0v) is 17.8. The van der Waals surface area contributed by atoms with E-state index in [0.717, 1.165) is 25.7 Å². The van der Waals surface area contributed by atoms with Crippen molar-refractivity contribution in [2.45, 2.75) is 40.7 Å². The summed E-state index contributed by atoms with van der Waals surface area (Å²) < 4.78 is 27.7. The maximum atomic E-state index is 12.9. The second kappa shape index (κ2) is 8.65. The Hall–Kier alpha value is -2.59. The molecule has 2 amide bonds. The predicted molar refractivity (Wildman–Crippen MR) is 115 cm³/mol. The Morgan fingerprint density at radius 3 is 2.60 bits per heavy atom. The quantitative estimate of drug-likeness (QED) is 0.699. The molecule has 1 aromatic heterocycles. The summed E-state index contributed by atoms with van der Waals surface area (Å²) in [4.78, 5) is 31.9. The molecular formula is C20H22N4O4S2. The molecule has 0 bridgehead atoms. The van der Waals surface area contributed by atoms with Crippen molar-refractivity contribution in [2.24, 2.45) is 0 Å². The molecule has 1 aromatic carbocycles. The van der Waals surface area contributed by atoms with Gasteiger partial charge in [0.25, 0.3) is 10.0 Å². The zero-order valence-electron chi connectivity index (χ0n) is 16.2. The normalized spacial score (nSPS) is 19.4. The number of carbonyl (C=O) groups is 2. The minimum Gasteiger partial charge on any atom is -0.341 e. The fraction of sp³-hybridized carbons (Fsp3) is 0.350. The topological polar surface area (TPSA) is 108 Å². The SMILES string of the molecule is O=C1Nc2cc(S(=O)(=O)Nc3ccccn3)ccc2S[C@@H]1C(=O)N1CCCCCC1. The summed E-state index contributed by atoms with van der Waals surface area (Å²) in [6.45, 7) is 1.35. The third-order valence-corrected chi connectivity index (χ3v) is 7.66. The molecule has 1 atom stereocenters. The number of aromatic nitrogens is 1. The number of sulfonamides is 1. The number of anilines is 2. The Morgan fingerprint density at radius 1 is 1.13 bits per heavy atom. The number of amides is 2. The number of nitrogens with one attached hydrogen (secondary N) is 2. The maximum Gasteiger partial charge on any atom is 0.263 e. The lowest BCUT2D eigenvalue weighted by molar-refractivity contribution is -0.133. The average Bonchev–Trinajstić information content (AvgIpc) is 3.02. The van der Waals surface area contributed by atoms with E-state index in [-0.39, 0.29) is 16.6 Å². The van der Waals surface area contributed by atoms with Gasteiger partial charge in [0.2, 0.25) is 11.8 Å². The molecule has 8 nitrogen and oxygen atoms in total. The minimum absolute atomic E-state index is 0.00472. The first-order valence-corrected chi connectivity index (χ1v) is 12.1. The molecule has 4 rings (SSSR count). The summed E-state index contributed by atoms with van der Waals surface area (Å²) in [5.74, 6) is -0.399. The van der Waals surface area contributed by atoms with Crippen molar-refractivity contribution < 1.29 is 18.0 Å². The van der Waals surface area contributed by atoms with Gasteiger partial charge in [-0.15, -0.1) is 11.8 Å². The number of carbonyl (C=O) groups excluding carboxylic acids is 2. The molecule has 30 heavy (non-hydrogen) atoms. The van der Waals surface area contributed by atoms with Crippen LogP contribution in [0.4, 0.5) is 11.5 Å². The van der Waals surface area contributed by atoms with Crippen molar-refractivity contribution in [3.8, 4) is 0 Å². The number of hydrogen-bond acceptors (Lipinski definition) is 6. The fourth-order valence-corrected chi connectivity index (χ4v) is 5.58. The second-order valence-electron chi connectivity index (χ2n) is 7.21. The van der Waals surface area contributed by atoms with Gasteiger partial charge in [0.15, 0.2) is 5.25 Å². The van der Waals surface area contributed by atoms with Crippen LogP contribution in [0.3, 0.4) is 0 Å². The van der Waals surface area contributed by atoms with Gasteiger partial charge in [-0.2, -0.15) is 0 Å². The van der Waals surface area contributed by atoms with Crippen molar-refractivity contribution in [1.29, 1.82) is 0 Å². The zero-order chi connectivity index (χ0) is 21.1. The Balaban J connectivity index is 1.53. The molecule has 0 unspecified atom stereocenters. The van der Waals surface area contributed by atoms with Crippen LogP contribution in [0.25, 0.3) is 0 Å². The highest BCUT2D eigenvalue weighted by molar-refractivity contribution is 8.01. The van der Waals surface area contributed by atoms with Gasteiger partial charge in [-0.3, -0.25) is 14.3 Å². The van der Waals surface area contributed by atoms with Crippen molar-refractivity contribution in [2.75, 3.05) is 23.1 Å². The number of pyridine rings is 1. The van der Waals surface area contributed by atoms with E-state index in [4.69, 9.17) is 0 Å². The van der Waals surface area contributed by atoms with Gasteiger partial charge in [0, 0.05) is 24.2 Å². The highest BCUT2D eigenvalue weighted by atomic mass is 32.2. The first-order valence-electron chi connectivity index (χ1n) is 9.78. The van der Waals surface area contributed by atoms with Gasteiger partial charge >= 0.3 is 0 Å². The van der Waals surface area contributed by atoms with E-state index in [2.05, 4.69) is 15.0 Å². The third-order valence-electron chi connectivity index (χ3n) is 5.05. The van der Waals surface area contributed by atoms with Crippen LogP contribution in [-0.4, -0.2) is 48.5 Å². The molecule has 2 aromatic rings. The lowest BCUT2D eigenvalue weighted by atomic mass is 10.2. The second-order valence-corrected chi connectivity index (χ2v) is 10.0. The van der Waals surface area contributed by atoms with Gasteiger partial charge in [-0.1, -0.05) is 18.9 Å². The molecule has 0 spiro atoms. The number of nitrogens with zero attached hydrogens (tertiary/aromatic N) is 2. The minimum atomic E-state index is -3.86. The third kappa shape index (κ3) is 4.44. The summed E-state index contributed by atoms with van der Waals surface area (Å²) in [5.41, 5.74) is 0.383. The van der Waals surface area contributed by atoms with E-state index in [0.29, 0.717) is 23.7 Å². The summed E-state index contributed by atoms with van der Waals surface area (Å²) in [7, 11) is -3.86. The van der Waals surface area contributed by atoms with E-state index in [1.807, 2.05) is 0 Å². The van der Waals surface area contributed by atoms with Crippen molar-refractivity contribution in [1.82, 2.24) is 9.88 Å². The monoisotopic (exact) mass is 446 g/mol. The Morgan fingerprint density at radius 2 is 1.90 bits per heavy atom. The Labute approximate surface area is 179 Å². The Bertz CT molecular complexity index is 1050. The number of rotatable bonds is 4. The first kappa shape index (κ1) is 20.7. The van der Waals surface area contributed by atoms with Crippen LogP contribution >= 0.6 is 11.8 Å². The predicted octanol–water partition coefficient (Wildman–Crippen LogP) is 2.70. The van der Waals surface area contributed by atoms with Gasteiger partial charge in [0.05, 0.1) is 10.6 Å². The standard InChI is InChI=1S/C20H22N4O4S2/c25-19-18(20(26)24-11-5-1-2-6-12-24)29-16-9-8-14(13-15(16)22-19)30(27,28)23-17-7-3-4-10-21-17/h3-4,7-10,13,18H,1-2,5-6,11-12H2,(H,21,23)(H,22,25)/t18-/m0/s1. The highest BCUT2D eigenvalue weighted by Crippen LogP contribution is 2.38. The number of likely N-dealkylation sites (tertiary alicyclic amines) is 1. The fourth-order valence-electron chi connectivity index (χ4n) is 3.49. The van der Waals surface area contributed by atoms with E-state index >= 15 is 0 Å². The molecule has 10 heteroatoms. The van der Waals surface area contributed by atoms with Crippen LogP contribution in [0.1, 0.15) is 25.7 Å². The molecule has 0 aliphatic carbocycles. The summed E-state index contributed by atoms with van der Waals surface area (Å²) in [6, 6.07) is 9.39. The highest BCUT2D eigenvalue weighted by Gasteiger charge is 2.36. The summed E-state index contributed by atoms with van der Waals surface area (Å²) in [5, 5.41) is 1.85. The number of benzene rings is 1. The van der Waals surface area contributed by atoms with E-state index < -0.39 is 21.2 Å².